The summed E-state index contributed by atoms with van der Waals surface area (Å²) in [7, 11) is 3.45. The van der Waals surface area contributed by atoms with E-state index in [1.54, 1.807) is 47.6 Å². The molecule has 0 spiro atoms. The number of aromatic nitrogens is 4. The van der Waals surface area contributed by atoms with Crippen LogP contribution in [-0.2, 0) is 4.74 Å². The number of rotatable bonds is 7. The fourth-order valence-corrected chi connectivity index (χ4v) is 4.91. The zero-order chi connectivity index (χ0) is 24.5. The maximum absolute atomic E-state index is 13.1. The number of carbonyl (C=O) groups is 1. The first kappa shape index (κ1) is 23.3. The maximum Gasteiger partial charge on any atom is 0.274 e. The maximum atomic E-state index is 13.1. The van der Waals surface area contributed by atoms with Gasteiger partial charge in [0.2, 0.25) is 0 Å². The second kappa shape index (κ2) is 9.67. The topological polar surface area (TPSA) is 135 Å². The Labute approximate surface area is 202 Å². The molecule has 3 heterocycles. The number of methoxy groups -OCH3 is 1. The summed E-state index contributed by atoms with van der Waals surface area (Å²) in [6.07, 6.45) is 7.98. The van der Waals surface area contributed by atoms with Crippen LogP contribution in [0.15, 0.2) is 35.4 Å². The smallest absolute Gasteiger partial charge is 0.274 e. The highest BCUT2D eigenvalue weighted by molar-refractivity contribution is 6.00. The number of nitrogens with one attached hydrogen (secondary N) is 3. The molecule has 0 radical (unpaired) electrons. The van der Waals surface area contributed by atoms with E-state index in [9.17, 15) is 14.7 Å². The summed E-state index contributed by atoms with van der Waals surface area (Å²) < 4.78 is 8.60. The first-order valence-electron chi connectivity index (χ1n) is 12.0. The van der Waals surface area contributed by atoms with Crippen LogP contribution in [0, 0.1) is 0 Å². The van der Waals surface area contributed by atoms with Crippen LogP contribution in [-0.4, -0.2) is 62.6 Å². The van der Waals surface area contributed by atoms with E-state index in [-0.39, 0.29) is 29.7 Å². The lowest BCUT2D eigenvalue weighted by Gasteiger charge is -2.34. The number of hydrogen-bond donors (Lipinski definition) is 4. The molecule has 0 aliphatic heterocycles. The molecule has 3 aromatic rings. The Hall–Kier alpha value is -3.44. The molecule has 4 atom stereocenters. The molecule has 0 saturated heterocycles. The molecular formula is C24H31N7O4. The number of aliphatic hydroxyl groups excluding tert-OH is 1. The van der Waals surface area contributed by atoms with Crippen molar-refractivity contribution in [2.24, 2.45) is 0 Å². The number of amides is 1. The van der Waals surface area contributed by atoms with Crippen LogP contribution in [0.25, 0.3) is 5.65 Å². The Balaban J connectivity index is 1.43. The Morgan fingerprint density at radius 2 is 2.11 bits per heavy atom. The Morgan fingerprint density at radius 3 is 2.83 bits per heavy atom. The summed E-state index contributed by atoms with van der Waals surface area (Å²) in [6, 6.07) is 4.98. The van der Waals surface area contributed by atoms with Crippen molar-refractivity contribution < 1.29 is 14.6 Å². The SMILES string of the molecule is CNc1cc(Nc2cccn([C@H]3CC[C@@H]3O)c2=O)nc2c(C(=O)N[C@H]3CCC[C@H](OC)C3)cnn12. The summed E-state index contributed by atoms with van der Waals surface area (Å²) in [5.41, 5.74) is 0.832. The molecule has 11 nitrogen and oxygen atoms in total. The predicted molar refractivity (Wildman–Crippen MR) is 131 cm³/mol. The van der Waals surface area contributed by atoms with Gasteiger partial charge in [-0.15, -0.1) is 0 Å². The van der Waals surface area contributed by atoms with Crippen LogP contribution in [0.4, 0.5) is 17.3 Å². The molecule has 2 fully saturated rings. The summed E-state index contributed by atoms with van der Waals surface area (Å²) >= 11 is 0. The van der Waals surface area contributed by atoms with Gasteiger partial charge < -0.3 is 30.4 Å². The number of anilines is 3. The zero-order valence-corrected chi connectivity index (χ0v) is 19.9. The van der Waals surface area contributed by atoms with Crippen LogP contribution >= 0.6 is 0 Å². The summed E-state index contributed by atoms with van der Waals surface area (Å²) in [4.78, 5) is 30.8. The van der Waals surface area contributed by atoms with Crippen LogP contribution in [0.3, 0.4) is 0 Å². The second-order valence-electron chi connectivity index (χ2n) is 9.24. The third-order valence-electron chi connectivity index (χ3n) is 7.06. The Kier molecular flexibility index (Phi) is 6.44. The molecule has 35 heavy (non-hydrogen) atoms. The van der Waals surface area contributed by atoms with E-state index in [0.717, 1.165) is 32.1 Å². The molecule has 0 aromatic carbocycles. The Morgan fingerprint density at radius 1 is 1.26 bits per heavy atom. The van der Waals surface area contributed by atoms with Gasteiger partial charge in [-0.25, -0.2) is 4.98 Å². The predicted octanol–water partition coefficient (Wildman–Crippen LogP) is 2.06. The van der Waals surface area contributed by atoms with Crippen molar-refractivity contribution in [2.45, 2.75) is 62.8 Å². The van der Waals surface area contributed by atoms with Crippen molar-refractivity contribution in [3.8, 4) is 0 Å². The molecule has 0 unspecified atom stereocenters. The fraction of sp³-hybridized carbons (Fsp3) is 0.500. The second-order valence-corrected chi connectivity index (χ2v) is 9.24. The normalized spacial score (nSPS) is 24.1. The van der Waals surface area contributed by atoms with Gasteiger partial charge in [0.1, 0.15) is 22.9 Å². The summed E-state index contributed by atoms with van der Waals surface area (Å²) in [6.45, 7) is 0. The van der Waals surface area contributed by atoms with E-state index >= 15 is 0 Å². The third kappa shape index (κ3) is 4.48. The largest absolute Gasteiger partial charge is 0.391 e. The quantitative estimate of drug-likeness (QED) is 0.403. The highest BCUT2D eigenvalue weighted by Crippen LogP contribution is 2.31. The number of carbonyl (C=O) groups excluding carboxylic acids is 1. The number of ether oxygens (including phenoxy) is 1. The lowest BCUT2D eigenvalue weighted by Crippen LogP contribution is -2.40. The summed E-state index contributed by atoms with van der Waals surface area (Å²) in [5, 5.41) is 23.6. The number of pyridine rings is 1. The minimum Gasteiger partial charge on any atom is -0.391 e. The monoisotopic (exact) mass is 481 g/mol. The third-order valence-corrected chi connectivity index (χ3v) is 7.06. The van der Waals surface area contributed by atoms with Crippen molar-refractivity contribution >= 4 is 28.9 Å². The zero-order valence-electron chi connectivity index (χ0n) is 19.9. The number of nitrogens with zero attached hydrogens (tertiary/aromatic N) is 4. The number of hydrogen-bond acceptors (Lipinski definition) is 8. The van der Waals surface area contributed by atoms with Gasteiger partial charge >= 0.3 is 0 Å². The van der Waals surface area contributed by atoms with Crippen molar-refractivity contribution in [1.82, 2.24) is 24.5 Å². The van der Waals surface area contributed by atoms with E-state index in [2.05, 4.69) is 26.0 Å². The molecule has 2 saturated carbocycles. The van der Waals surface area contributed by atoms with Gasteiger partial charge in [-0.2, -0.15) is 9.61 Å². The molecule has 5 rings (SSSR count). The average Bonchev–Trinajstić information content (AvgIpc) is 3.29. The van der Waals surface area contributed by atoms with Crippen LogP contribution in [0.1, 0.15) is 54.9 Å². The van der Waals surface area contributed by atoms with Crippen molar-refractivity contribution in [1.29, 1.82) is 0 Å². The van der Waals surface area contributed by atoms with Crippen LogP contribution < -0.4 is 21.5 Å². The molecule has 3 aromatic heterocycles. The number of aliphatic hydroxyl groups is 1. The highest BCUT2D eigenvalue weighted by Gasteiger charge is 2.31. The van der Waals surface area contributed by atoms with Gasteiger partial charge in [0.05, 0.1) is 24.4 Å². The van der Waals surface area contributed by atoms with E-state index in [1.165, 1.54) is 6.20 Å². The Bertz CT molecular complexity index is 1290. The molecular weight excluding hydrogens is 450 g/mol. The molecule has 186 valence electrons. The first-order chi connectivity index (χ1) is 17.0. The standard InChI is InChI=1S/C24H31N7O4/c1-25-21-12-20(28-17-7-4-10-30(24(17)34)18-8-9-19(18)32)29-22-16(13-26-31(21)22)23(33)27-14-5-3-6-15(11-14)35-2/h4,7,10,12-15,18-19,25,32H,3,5-6,8-9,11H2,1-2H3,(H,27,33)(H,28,29)/t14-,15-,18-,19-/m0/s1. The van der Waals surface area contributed by atoms with Gasteiger partial charge in [0, 0.05) is 32.5 Å². The van der Waals surface area contributed by atoms with Crippen molar-refractivity contribution in [3.05, 3.63) is 46.5 Å². The molecule has 2 aliphatic carbocycles. The van der Waals surface area contributed by atoms with Crippen LogP contribution in [0.2, 0.25) is 0 Å². The first-order valence-corrected chi connectivity index (χ1v) is 12.0. The fourth-order valence-electron chi connectivity index (χ4n) is 4.91. The highest BCUT2D eigenvalue weighted by atomic mass is 16.5. The molecule has 0 bridgehead atoms. The van der Waals surface area contributed by atoms with Gasteiger partial charge in [0.25, 0.3) is 11.5 Å². The lowest BCUT2D eigenvalue weighted by molar-refractivity contribution is 0.0300. The number of fused-ring (bicyclic) bond motifs is 1. The molecule has 1 amide bonds. The van der Waals surface area contributed by atoms with Gasteiger partial charge in [-0.1, -0.05) is 0 Å². The van der Waals surface area contributed by atoms with Gasteiger partial charge in [-0.05, 0) is 50.7 Å². The van der Waals surface area contributed by atoms with Crippen LogP contribution in [0.5, 0.6) is 0 Å². The van der Waals surface area contributed by atoms with E-state index in [0.29, 0.717) is 35.0 Å². The average molecular weight is 482 g/mol. The van der Waals surface area contributed by atoms with Crippen molar-refractivity contribution in [2.75, 3.05) is 24.8 Å². The summed E-state index contributed by atoms with van der Waals surface area (Å²) in [5.74, 6) is 0.770. The van der Waals surface area contributed by atoms with Crippen molar-refractivity contribution in [3.63, 3.8) is 0 Å². The van der Waals surface area contributed by atoms with E-state index in [4.69, 9.17) is 4.74 Å². The van der Waals surface area contributed by atoms with E-state index in [1.807, 2.05) is 0 Å². The minimum absolute atomic E-state index is 0.0332. The van der Waals surface area contributed by atoms with Gasteiger partial charge in [0.15, 0.2) is 5.65 Å². The molecule has 11 heteroatoms. The van der Waals surface area contributed by atoms with E-state index < -0.39 is 6.10 Å². The van der Waals surface area contributed by atoms with Gasteiger partial charge in [-0.3, -0.25) is 9.59 Å². The molecule has 2 aliphatic rings. The minimum atomic E-state index is -0.510. The molecule has 4 N–H and O–H groups in total. The lowest BCUT2D eigenvalue weighted by atomic mass is 9.89.